The van der Waals surface area contributed by atoms with Crippen LogP contribution in [-0.4, -0.2) is 42.2 Å². The Morgan fingerprint density at radius 1 is 1.23 bits per heavy atom. The first-order chi connectivity index (χ1) is 13.8. The summed E-state index contributed by atoms with van der Waals surface area (Å²) in [7, 11) is 1.56. The summed E-state index contributed by atoms with van der Waals surface area (Å²) in [5, 5.41) is 8.13. The van der Waals surface area contributed by atoms with Crippen molar-refractivity contribution in [2.24, 2.45) is 0 Å². The van der Waals surface area contributed by atoms with Gasteiger partial charge in [0.2, 0.25) is 0 Å². The van der Waals surface area contributed by atoms with Crippen LogP contribution < -0.4 is 0 Å². The maximum atomic E-state index is 13.6. The van der Waals surface area contributed by atoms with E-state index in [1.165, 1.54) is 11.0 Å². The Balaban J connectivity index is 2.02. The highest BCUT2D eigenvalue weighted by molar-refractivity contribution is 9.10. The van der Waals surface area contributed by atoms with Crippen LogP contribution in [0.15, 0.2) is 22.8 Å². The zero-order chi connectivity index (χ0) is 22.4. The summed E-state index contributed by atoms with van der Waals surface area (Å²) in [6, 6.07) is 2.27. The van der Waals surface area contributed by atoms with E-state index < -0.39 is 23.2 Å². The Bertz CT molecular complexity index is 1100. The van der Waals surface area contributed by atoms with Crippen molar-refractivity contribution in [1.29, 1.82) is 0 Å². The van der Waals surface area contributed by atoms with Crippen molar-refractivity contribution in [3.63, 3.8) is 0 Å². The van der Waals surface area contributed by atoms with E-state index >= 15 is 0 Å². The number of hydrogen-bond donors (Lipinski definition) is 0. The van der Waals surface area contributed by atoms with Crippen molar-refractivity contribution in [3.8, 4) is 0 Å². The van der Waals surface area contributed by atoms with Gasteiger partial charge in [0.1, 0.15) is 5.69 Å². The minimum absolute atomic E-state index is 0.0220. The number of nitrogens with zero attached hydrogens (tertiary/aromatic N) is 6. The predicted molar refractivity (Wildman–Crippen MR) is 108 cm³/mol. The van der Waals surface area contributed by atoms with Crippen LogP contribution in [0, 0.1) is 0 Å². The average molecular weight is 487 g/mol. The molecular formula is C19H22BrF3N6O. The molecule has 1 amide bonds. The SMILES string of the molecule is CCn1ncc(Br)c1CN(C)C(=O)c1cc2nc(C(C)(C)C)cc(C(F)(F)F)n2n1. The van der Waals surface area contributed by atoms with Crippen molar-refractivity contribution in [1.82, 2.24) is 29.3 Å². The fraction of sp³-hybridized carbons (Fsp3) is 0.474. The van der Waals surface area contributed by atoms with Crippen LogP contribution in [0.3, 0.4) is 0 Å². The molecule has 0 spiro atoms. The van der Waals surface area contributed by atoms with Gasteiger partial charge in [-0.3, -0.25) is 9.48 Å². The van der Waals surface area contributed by atoms with E-state index in [1.54, 1.807) is 38.7 Å². The molecule has 30 heavy (non-hydrogen) atoms. The number of fused-ring (bicyclic) bond motifs is 1. The van der Waals surface area contributed by atoms with Crippen LogP contribution >= 0.6 is 15.9 Å². The normalized spacial score (nSPS) is 12.6. The Hall–Kier alpha value is -2.43. The Labute approximate surface area is 180 Å². The molecule has 162 valence electrons. The van der Waals surface area contributed by atoms with Gasteiger partial charge in [-0.05, 0) is 28.9 Å². The lowest BCUT2D eigenvalue weighted by Crippen LogP contribution is -2.28. The molecule has 3 rings (SSSR count). The molecule has 0 N–H and O–H groups in total. The highest BCUT2D eigenvalue weighted by Gasteiger charge is 2.36. The van der Waals surface area contributed by atoms with Gasteiger partial charge < -0.3 is 4.90 Å². The molecule has 0 saturated carbocycles. The second kappa shape index (κ2) is 7.68. The van der Waals surface area contributed by atoms with Gasteiger partial charge in [-0.25, -0.2) is 9.50 Å². The van der Waals surface area contributed by atoms with Crippen molar-refractivity contribution in [2.75, 3.05) is 7.05 Å². The first kappa shape index (κ1) is 22.3. The lowest BCUT2D eigenvalue weighted by molar-refractivity contribution is -0.142. The summed E-state index contributed by atoms with van der Waals surface area (Å²) in [6.45, 7) is 8.08. The van der Waals surface area contributed by atoms with Gasteiger partial charge in [0.25, 0.3) is 5.91 Å². The zero-order valence-corrected chi connectivity index (χ0v) is 18.8. The molecule has 3 aromatic heterocycles. The van der Waals surface area contributed by atoms with E-state index in [9.17, 15) is 18.0 Å². The molecule has 0 aliphatic heterocycles. The standard InChI is InChI=1S/C19H22BrF3N6O/c1-6-28-13(11(20)9-24-28)10-27(5)17(30)12-7-16-25-14(18(2,3)4)8-15(19(21,22)23)29(16)26-12/h7-9H,6,10H2,1-5H3. The van der Waals surface area contributed by atoms with Crippen LogP contribution in [0.5, 0.6) is 0 Å². The van der Waals surface area contributed by atoms with Gasteiger partial charge >= 0.3 is 6.18 Å². The van der Waals surface area contributed by atoms with E-state index in [4.69, 9.17) is 0 Å². The molecule has 0 bridgehead atoms. The topological polar surface area (TPSA) is 68.3 Å². The van der Waals surface area contributed by atoms with Crippen LogP contribution in [0.4, 0.5) is 13.2 Å². The maximum absolute atomic E-state index is 13.6. The largest absolute Gasteiger partial charge is 0.433 e. The fourth-order valence-corrected chi connectivity index (χ4v) is 3.40. The maximum Gasteiger partial charge on any atom is 0.433 e. The molecule has 0 saturated heterocycles. The molecule has 0 unspecified atom stereocenters. The number of carbonyl (C=O) groups excluding carboxylic acids is 1. The number of amides is 1. The quantitative estimate of drug-likeness (QED) is 0.551. The number of hydrogen-bond acceptors (Lipinski definition) is 4. The van der Waals surface area contributed by atoms with Gasteiger partial charge in [0.05, 0.1) is 28.6 Å². The molecule has 0 aliphatic carbocycles. The van der Waals surface area contributed by atoms with Gasteiger partial charge in [-0.1, -0.05) is 20.8 Å². The minimum atomic E-state index is -4.64. The van der Waals surface area contributed by atoms with Crippen molar-refractivity contribution in [3.05, 3.63) is 45.6 Å². The number of halogens is 4. The second-order valence-corrected chi connectivity index (χ2v) is 8.84. The first-order valence-electron chi connectivity index (χ1n) is 9.27. The second-order valence-electron chi connectivity index (χ2n) is 7.99. The summed E-state index contributed by atoms with van der Waals surface area (Å²) in [5.41, 5.74) is -0.651. The van der Waals surface area contributed by atoms with E-state index in [0.29, 0.717) is 11.1 Å². The zero-order valence-electron chi connectivity index (χ0n) is 17.2. The van der Waals surface area contributed by atoms with Crippen molar-refractivity contribution in [2.45, 2.75) is 52.4 Å². The Morgan fingerprint density at radius 2 is 1.90 bits per heavy atom. The number of aryl methyl sites for hydroxylation is 1. The van der Waals surface area contributed by atoms with Crippen LogP contribution in [-0.2, 0) is 24.7 Å². The third kappa shape index (κ3) is 4.21. The molecule has 0 aromatic carbocycles. The van der Waals surface area contributed by atoms with Crippen LogP contribution in [0.1, 0.15) is 55.3 Å². The van der Waals surface area contributed by atoms with Gasteiger partial charge in [-0.2, -0.15) is 23.4 Å². The highest BCUT2D eigenvalue weighted by Crippen LogP contribution is 2.32. The van der Waals surface area contributed by atoms with E-state index in [1.807, 2.05) is 6.92 Å². The number of aromatic nitrogens is 5. The van der Waals surface area contributed by atoms with E-state index in [0.717, 1.165) is 16.2 Å². The number of rotatable bonds is 4. The molecular weight excluding hydrogens is 465 g/mol. The molecule has 0 radical (unpaired) electrons. The summed E-state index contributed by atoms with van der Waals surface area (Å²) >= 11 is 3.40. The van der Waals surface area contributed by atoms with E-state index in [-0.39, 0.29) is 23.6 Å². The Kier molecular flexibility index (Phi) is 5.70. The van der Waals surface area contributed by atoms with Crippen molar-refractivity contribution >= 4 is 27.5 Å². The summed E-state index contributed by atoms with van der Waals surface area (Å²) in [4.78, 5) is 18.6. The smallest absolute Gasteiger partial charge is 0.334 e. The lowest BCUT2D eigenvalue weighted by Gasteiger charge is -2.19. The van der Waals surface area contributed by atoms with E-state index in [2.05, 4.69) is 31.1 Å². The Morgan fingerprint density at radius 3 is 2.47 bits per heavy atom. The number of carbonyl (C=O) groups is 1. The van der Waals surface area contributed by atoms with Gasteiger partial charge in [0, 0.05) is 25.1 Å². The van der Waals surface area contributed by atoms with Crippen LogP contribution in [0.2, 0.25) is 0 Å². The highest BCUT2D eigenvalue weighted by atomic mass is 79.9. The molecule has 0 atom stereocenters. The summed E-state index contributed by atoms with van der Waals surface area (Å²) in [6.07, 6.45) is -3.01. The lowest BCUT2D eigenvalue weighted by atomic mass is 9.91. The minimum Gasteiger partial charge on any atom is -0.334 e. The third-order valence-corrected chi connectivity index (χ3v) is 5.30. The summed E-state index contributed by atoms with van der Waals surface area (Å²) < 4.78 is 44.1. The molecule has 7 nitrogen and oxygen atoms in total. The monoisotopic (exact) mass is 486 g/mol. The van der Waals surface area contributed by atoms with Crippen LogP contribution in [0.25, 0.3) is 5.65 Å². The van der Waals surface area contributed by atoms with Gasteiger partial charge in [-0.15, -0.1) is 0 Å². The average Bonchev–Trinajstić information content (AvgIpc) is 3.22. The molecule has 3 heterocycles. The first-order valence-corrected chi connectivity index (χ1v) is 10.1. The van der Waals surface area contributed by atoms with Gasteiger partial charge in [0.15, 0.2) is 11.3 Å². The fourth-order valence-electron chi connectivity index (χ4n) is 2.97. The summed E-state index contributed by atoms with van der Waals surface area (Å²) in [5.74, 6) is -0.512. The predicted octanol–water partition coefficient (Wildman–Crippen LogP) is 4.30. The van der Waals surface area contributed by atoms with Crippen molar-refractivity contribution < 1.29 is 18.0 Å². The third-order valence-electron chi connectivity index (χ3n) is 4.64. The molecule has 0 fully saturated rings. The molecule has 0 aliphatic rings. The molecule has 3 aromatic rings. The molecule has 11 heteroatoms. The number of alkyl halides is 3.